The predicted molar refractivity (Wildman–Crippen MR) is 182 cm³/mol. The second-order valence-electron chi connectivity index (χ2n) is 11.9. The van der Waals surface area contributed by atoms with Crippen molar-refractivity contribution in [3.05, 3.63) is 119 Å². The van der Waals surface area contributed by atoms with Gasteiger partial charge in [0.25, 0.3) is 20.1 Å². The van der Waals surface area contributed by atoms with Crippen LogP contribution in [0, 0.1) is 13.8 Å². The molecule has 246 valence electrons. The van der Waals surface area contributed by atoms with E-state index in [1.807, 2.05) is 68.0 Å². The summed E-state index contributed by atoms with van der Waals surface area (Å²) in [5.74, 6) is 0.837. The molecule has 5 rings (SSSR count). The van der Waals surface area contributed by atoms with Crippen LogP contribution in [0.15, 0.2) is 101 Å². The van der Waals surface area contributed by atoms with Crippen LogP contribution in [0.5, 0.6) is 0 Å². The fourth-order valence-electron chi connectivity index (χ4n) is 5.17. The normalized spacial score (nSPS) is 12.3. The summed E-state index contributed by atoms with van der Waals surface area (Å²) >= 11 is 0. The van der Waals surface area contributed by atoms with Gasteiger partial charge in [0.15, 0.2) is 0 Å². The van der Waals surface area contributed by atoms with Gasteiger partial charge in [-0.1, -0.05) is 60.5 Å². The minimum atomic E-state index is -4.00. The maximum Gasteiger partial charge on any atom is 0.328 e. The maximum absolute atomic E-state index is 13.0. The Morgan fingerprint density at radius 1 is 0.830 bits per heavy atom. The summed E-state index contributed by atoms with van der Waals surface area (Å²) in [6, 6.07) is 25.5. The van der Waals surface area contributed by atoms with Crippen LogP contribution in [-0.2, 0) is 42.8 Å². The molecule has 0 atom stereocenters. The molecule has 4 aromatic carbocycles. The van der Waals surface area contributed by atoms with E-state index in [-0.39, 0.29) is 16.3 Å². The van der Waals surface area contributed by atoms with Crippen LogP contribution in [0.4, 0.5) is 4.79 Å². The molecule has 0 saturated heterocycles. The van der Waals surface area contributed by atoms with Crippen molar-refractivity contribution >= 4 is 37.2 Å². The lowest BCUT2D eigenvalue weighted by molar-refractivity contribution is 0.118. The smallest absolute Gasteiger partial charge is 0.328 e. The first kappa shape index (κ1) is 33.8. The number of benzene rings is 4. The Bertz CT molecular complexity index is 2120. The third-order valence-electron chi connectivity index (χ3n) is 7.82. The average molecular weight is 675 g/mol. The van der Waals surface area contributed by atoms with E-state index in [1.54, 1.807) is 38.1 Å². The number of sulfonamides is 1. The Morgan fingerprint density at radius 3 is 2.02 bits per heavy atom. The van der Waals surface area contributed by atoms with E-state index in [1.165, 1.54) is 24.3 Å². The highest BCUT2D eigenvalue weighted by Gasteiger charge is 2.31. The maximum atomic E-state index is 13.0. The van der Waals surface area contributed by atoms with Gasteiger partial charge in [-0.15, -0.1) is 0 Å². The van der Waals surface area contributed by atoms with Gasteiger partial charge in [-0.3, -0.25) is 8.75 Å². The van der Waals surface area contributed by atoms with Crippen LogP contribution >= 0.6 is 0 Å². The Balaban J connectivity index is 1.27. The summed E-state index contributed by atoms with van der Waals surface area (Å²) in [6.07, 6.45) is 1.16. The largest absolute Gasteiger partial charge is 0.337 e. The molecule has 1 heterocycles. The zero-order valence-electron chi connectivity index (χ0n) is 26.9. The zero-order chi connectivity index (χ0) is 34.0. The first-order valence-electron chi connectivity index (χ1n) is 15.2. The number of nitrogens with zero attached hydrogens (tertiary/aromatic N) is 2. The van der Waals surface area contributed by atoms with Crippen LogP contribution in [0.1, 0.15) is 48.8 Å². The molecule has 47 heavy (non-hydrogen) atoms. The molecular weight excluding hydrogens is 637 g/mol. The topological polar surface area (TPSA) is 136 Å². The van der Waals surface area contributed by atoms with Crippen molar-refractivity contribution in [2.24, 2.45) is 0 Å². The molecule has 0 aliphatic carbocycles. The molecule has 0 spiro atoms. The third kappa shape index (κ3) is 7.73. The van der Waals surface area contributed by atoms with Gasteiger partial charge in [-0.05, 0) is 93.8 Å². The highest BCUT2D eigenvalue weighted by molar-refractivity contribution is 7.90. The highest BCUT2D eigenvalue weighted by Crippen LogP contribution is 2.33. The van der Waals surface area contributed by atoms with E-state index in [0.717, 1.165) is 33.7 Å². The van der Waals surface area contributed by atoms with Gasteiger partial charge in [0.2, 0.25) is 0 Å². The average Bonchev–Trinajstić information content (AvgIpc) is 3.39. The minimum Gasteiger partial charge on any atom is -0.337 e. The first-order valence-corrected chi connectivity index (χ1v) is 18.1. The number of hydrogen-bond donors (Lipinski definition) is 2. The van der Waals surface area contributed by atoms with Gasteiger partial charge in [-0.25, -0.2) is 22.9 Å². The monoisotopic (exact) mass is 674 g/mol. The van der Waals surface area contributed by atoms with Crippen LogP contribution in [0.3, 0.4) is 0 Å². The number of aryl methyl sites for hydroxylation is 3. The molecule has 2 N–H and O–H groups in total. The number of fused-ring (bicyclic) bond motifs is 1. The van der Waals surface area contributed by atoms with Crippen LogP contribution in [-0.4, -0.2) is 39.0 Å². The van der Waals surface area contributed by atoms with E-state index >= 15 is 0 Å². The molecule has 10 nitrogen and oxygen atoms in total. The van der Waals surface area contributed by atoms with Gasteiger partial charge in [0.1, 0.15) is 11.4 Å². The first-order chi connectivity index (χ1) is 22.2. The number of nitrogens with one attached hydrogen (secondary N) is 2. The van der Waals surface area contributed by atoms with Crippen LogP contribution in [0.25, 0.3) is 16.7 Å². The lowest BCUT2D eigenvalue weighted by Crippen LogP contribution is -2.40. The van der Waals surface area contributed by atoms with Crippen molar-refractivity contribution in [3.8, 4) is 5.69 Å². The molecule has 0 aliphatic heterocycles. The molecule has 0 saturated carbocycles. The number of carbonyl (C=O) groups is 1. The number of rotatable bonds is 11. The van der Waals surface area contributed by atoms with Gasteiger partial charge in [0.05, 0.1) is 20.8 Å². The van der Waals surface area contributed by atoms with E-state index in [4.69, 9.17) is 9.17 Å². The van der Waals surface area contributed by atoms with Crippen molar-refractivity contribution in [2.45, 2.75) is 62.9 Å². The van der Waals surface area contributed by atoms with Crippen molar-refractivity contribution in [3.63, 3.8) is 0 Å². The van der Waals surface area contributed by atoms with E-state index in [0.29, 0.717) is 23.9 Å². The van der Waals surface area contributed by atoms with Crippen molar-refractivity contribution in [1.82, 2.24) is 19.6 Å². The van der Waals surface area contributed by atoms with E-state index in [9.17, 15) is 21.6 Å². The number of imidazole rings is 1. The number of urea groups is 1. The quantitative estimate of drug-likeness (QED) is 0.162. The lowest BCUT2D eigenvalue weighted by atomic mass is 9.98. The fraction of sp³-hybridized carbons (Fsp3) is 0.257. The summed E-state index contributed by atoms with van der Waals surface area (Å²) < 4.78 is 60.8. The summed E-state index contributed by atoms with van der Waals surface area (Å²) in [7, 11) is -7.97. The van der Waals surface area contributed by atoms with Crippen LogP contribution in [0.2, 0.25) is 0 Å². The summed E-state index contributed by atoms with van der Waals surface area (Å²) in [5, 5.41) is 2.60. The standard InChI is InChI=1S/C35H38N4O6S2/c1-6-33-37-31-23-27(35(4,5)45-47(43,44)30-18-9-25(3)10-19-30)13-20-32(31)39(33)28-14-11-26(12-15-28)21-22-36-34(40)38-46(41,42)29-16-7-24(2)8-17-29/h7-20,23H,6,21-22H2,1-5H3,(H2,36,38,40). The second kappa shape index (κ2) is 13.3. The van der Waals surface area contributed by atoms with E-state index < -0.39 is 31.8 Å². The van der Waals surface area contributed by atoms with Crippen molar-refractivity contribution in [1.29, 1.82) is 0 Å². The Labute approximate surface area is 276 Å². The molecule has 5 aromatic rings. The molecule has 2 amide bonds. The molecule has 0 bridgehead atoms. The van der Waals surface area contributed by atoms with E-state index in [2.05, 4.69) is 9.88 Å². The SMILES string of the molecule is CCc1nc2cc(C(C)(C)OS(=O)(=O)c3ccc(C)cc3)ccc2n1-c1ccc(CCNC(=O)NS(=O)(=O)c2ccc(C)cc2)cc1. The molecule has 0 radical (unpaired) electrons. The minimum absolute atomic E-state index is 0.0200. The molecule has 1 aromatic heterocycles. The molecule has 0 aliphatic rings. The van der Waals surface area contributed by atoms with Crippen LogP contribution < -0.4 is 10.0 Å². The number of carbonyl (C=O) groups excluding carboxylic acids is 1. The third-order valence-corrected chi connectivity index (χ3v) is 10.6. The highest BCUT2D eigenvalue weighted by atomic mass is 32.2. The summed E-state index contributed by atoms with van der Waals surface area (Å²) in [6.45, 7) is 9.44. The Hall–Kier alpha value is -4.52. The van der Waals surface area contributed by atoms with Gasteiger partial charge in [-0.2, -0.15) is 8.42 Å². The number of hydrogen-bond acceptors (Lipinski definition) is 7. The molecule has 0 unspecified atom stereocenters. The van der Waals surface area contributed by atoms with Gasteiger partial charge in [0, 0.05) is 18.7 Å². The molecule has 12 heteroatoms. The second-order valence-corrected chi connectivity index (χ2v) is 15.1. The van der Waals surface area contributed by atoms with Gasteiger partial charge >= 0.3 is 6.03 Å². The zero-order valence-corrected chi connectivity index (χ0v) is 28.6. The number of amides is 2. The lowest BCUT2D eigenvalue weighted by Gasteiger charge is -2.25. The van der Waals surface area contributed by atoms with Crippen molar-refractivity contribution in [2.75, 3.05) is 6.54 Å². The summed E-state index contributed by atoms with van der Waals surface area (Å²) in [5.41, 5.74) is 4.82. The number of aromatic nitrogens is 2. The molecule has 0 fully saturated rings. The Kier molecular flexibility index (Phi) is 9.58. The van der Waals surface area contributed by atoms with Gasteiger partial charge < -0.3 is 5.32 Å². The van der Waals surface area contributed by atoms with Crippen molar-refractivity contribution < 1.29 is 25.8 Å². The predicted octanol–water partition coefficient (Wildman–Crippen LogP) is 6.08. The summed E-state index contributed by atoms with van der Waals surface area (Å²) in [4.78, 5) is 17.2. The fourth-order valence-corrected chi connectivity index (χ4v) is 7.31. The molecular formula is C35H38N4O6S2. The Morgan fingerprint density at radius 2 is 1.43 bits per heavy atom.